The molecule has 1 aromatic heterocycles. The number of nitrogens with one attached hydrogen (secondary N) is 2. The molecule has 0 aliphatic carbocycles. The summed E-state index contributed by atoms with van der Waals surface area (Å²) in [5.74, 6) is -3.13. The Kier molecular flexibility index (Phi) is 17.1. The minimum Gasteiger partial charge on any atom is -0.391 e. The highest BCUT2D eigenvalue weighted by Crippen LogP contribution is 2.50. The van der Waals surface area contributed by atoms with E-state index in [9.17, 15) is 38.8 Å². The van der Waals surface area contributed by atoms with Crippen molar-refractivity contribution in [1.82, 2.24) is 19.5 Å². The van der Waals surface area contributed by atoms with E-state index in [2.05, 4.69) is 21.0 Å². The number of aryl methyl sites for hydroxylation is 1. The van der Waals surface area contributed by atoms with Crippen LogP contribution in [-0.2, 0) is 41.8 Å². The van der Waals surface area contributed by atoms with Crippen molar-refractivity contribution in [3.05, 3.63) is 80.7 Å². The van der Waals surface area contributed by atoms with Gasteiger partial charge in [0.25, 0.3) is 43.6 Å². The van der Waals surface area contributed by atoms with Crippen molar-refractivity contribution in [1.29, 1.82) is 5.26 Å². The minimum atomic E-state index is -3.23. The van der Waals surface area contributed by atoms with Crippen molar-refractivity contribution in [3.63, 3.8) is 0 Å². The number of carbonyl (C=O) groups excluding carboxylic acids is 5. The van der Waals surface area contributed by atoms with Gasteiger partial charge in [0.15, 0.2) is 0 Å². The van der Waals surface area contributed by atoms with Crippen LogP contribution in [0.3, 0.4) is 0 Å². The lowest BCUT2D eigenvalue weighted by molar-refractivity contribution is -0.121. The lowest BCUT2D eigenvalue weighted by Gasteiger charge is -2.44. The molecule has 4 heterocycles. The topological polar surface area (TPSA) is 232 Å². The zero-order valence-electron chi connectivity index (χ0n) is 39.5. The van der Waals surface area contributed by atoms with Gasteiger partial charge < -0.3 is 28.0 Å². The highest BCUT2D eigenvalue weighted by molar-refractivity contribution is 7.44. The fourth-order valence-corrected chi connectivity index (χ4v) is 13.9. The van der Waals surface area contributed by atoms with Crippen molar-refractivity contribution >= 4 is 58.0 Å². The average molecular weight is 952 g/mol. The molecule has 3 aliphatic rings. The molecule has 19 nitrogen and oxygen atoms in total. The summed E-state index contributed by atoms with van der Waals surface area (Å²) < 4.78 is 37.2. The molecule has 5 amide bonds. The van der Waals surface area contributed by atoms with Crippen LogP contribution < -0.4 is 26.4 Å². The van der Waals surface area contributed by atoms with Crippen LogP contribution in [0.25, 0.3) is 0 Å². The second-order valence-corrected chi connectivity index (χ2v) is 23.8. The normalized spacial score (nSPS) is 19.5. The first kappa shape index (κ1) is 52.0. The van der Waals surface area contributed by atoms with Crippen molar-refractivity contribution in [2.75, 3.05) is 29.6 Å². The number of hydrogen-bond acceptors (Lipinski definition) is 14. The molecule has 2 unspecified atom stereocenters. The third-order valence-electron chi connectivity index (χ3n) is 11.4. The van der Waals surface area contributed by atoms with E-state index < -0.39 is 81.9 Å². The number of ether oxygens (including phenoxy) is 1. The number of aromatic amines is 1. The molecule has 3 aliphatic heterocycles. The quantitative estimate of drug-likeness (QED) is 0.0639. The van der Waals surface area contributed by atoms with Crippen LogP contribution in [0.2, 0.25) is 11.1 Å². The van der Waals surface area contributed by atoms with Crippen LogP contribution in [0.4, 0.5) is 11.4 Å². The monoisotopic (exact) mass is 951 g/mol. The summed E-state index contributed by atoms with van der Waals surface area (Å²) in [6.07, 6.45) is 4.35. The Morgan fingerprint density at radius 2 is 1.47 bits per heavy atom. The fourth-order valence-electron chi connectivity index (χ4n) is 8.18. The average Bonchev–Trinajstić information content (AvgIpc) is 3.90. The van der Waals surface area contributed by atoms with Gasteiger partial charge in [-0.1, -0.05) is 27.7 Å². The summed E-state index contributed by atoms with van der Waals surface area (Å²) in [5.41, 5.74) is -1.80. The molecule has 4 atom stereocenters. The number of carbonyl (C=O) groups is 5. The minimum absolute atomic E-state index is 0.00704. The number of benzene rings is 1. The summed E-state index contributed by atoms with van der Waals surface area (Å²) in [7, 11) is -4.95. The third kappa shape index (κ3) is 11.9. The molecule has 5 rings (SSSR count). The summed E-state index contributed by atoms with van der Waals surface area (Å²) >= 11 is 0. The number of nitrogens with zero attached hydrogens (tertiary/aromatic N) is 5. The van der Waals surface area contributed by atoms with Crippen LogP contribution in [0, 0.1) is 18.3 Å². The van der Waals surface area contributed by atoms with E-state index in [0.717, 1.165) is 34.1 Å². The largest absolute Gasteiger partial charge is 0.391 e. The second-order valence-electron chi connectivity index (χ2n) is 18.2. The summed E-state index contributed by atoms with van der Waals surface area (Å²) in [5, 5.41) is 12.2. The predicted molar refractivity (Wildman–Crippen MR) is 248 cm³/mol. The molecule has 2 aromatic rings. The van der Waals surface area contributed by atoms with E-state index in [-0.39, 0.29) is 72.7 Å². The van der Waals surface area contributed by atoms with Gasteiger partial charge in [0.2, 0.25) is 0 Å². The van der Waals surface area contributed by atoms with E-state index >= 15 is 0 Å². The van der Waals surface area contributed by atoms with E-state index in [1.807, 2.05) is 69.2 Å². The molecule has 0 saturated carbocycles. The predicted octanol–water partition coefficient (Wildman–Crippen LogP) is 5.55. The van der Waals surface area contributed by atoms with Crippen molar-refractivity contribution in [2.24, 2.45) is 0 Å². The molecule has 0 bridgehead atoms. The second kappa shape index (κ2) is 21.8. The molecule has 1 aromatic carbocycles. The van der Waals surface area contributed by atoms with E-state index in [1.54, 1.807) is 6.92 Å². The Labute approximate surface area is 387 Å². The number of H-pyrrole nitrogens is 1. The van der Waals surface area contributed by atoms with Crippen LogP contribution in [0.1, 0.15) is 111 Å². The maximum atomic E-state index is 13.8. The molecule has 0 spiro atoms. The Morgan fingerprint density at radius 3 is 1.97 bits per heavy atom. The molecular formula is C45H62N7O12PSi. The number of anilines is 2. The van der Waals surface area contributed by atoms with E-state index in [1.165, 1.54) is 29.0 Å². The SMILES string of the molecule is Cc1cn([C@H]2CC(OP(OCCC#N)N(C(C)C)C(C)C)[C@@H](CO[Si](OC(C)(C)CCNC(=O)c3cc(N4C(=O)C=CC4=O)cc(N4C(=O)C=CC4=O)c3)(C(C)C)C(C)C)O2)c(=O)[nH]c1=O. The molecule has 358 valence electrons. The lowest BCUT2D eigenvalue weighted by Crippen LogP contribution is -2.55. The summed E-state index contributed by atoms with van der Waals surface area (Å²) in [4.78, 5) is 93.7. The van der Waals surface area contributed by atoms with Crippen molar-refractivity contribution in [3.8, 4) is 6.07 Å². The number of nitriles is 1. The molecule has 66 heavy (non-hydrogen) atoms. The Bertz CT molecular complexity index is 2280. The fraction of sp³-hybridized carbons (Fsp3) is 0.556. The zero-order valence-corrected chi connectivity index (χ0v) is 41.4. The first-order valence-electron chi connectivity index (χ1n) is 22.1. The standard InChI is InChI=1S/C45H62N7O12PSi/c1-27(2)52(28(3)4)65(60-20-12-18-46)63-35-24-41(49-25-31(9)42(57)48-44(49)59)62-36(35)26-61-66(29(5)6,30(7)8)64-45(10,11)17-19-47-43(58)32-21-33(50-37(53)13-14-38(50)54)23-34(22-32)51-39(55)15-16-40(51)56/h13-16,21-23,25,27-30,35-36,41H,12,17,19-20,24,26H2,1-11H3,(H,47,58)(H,48,57,59)/t35?,36-,41-,65?/m1/s1. The van der Waals surface area contributed by atoms with Gasteiger partial charge in [-0.15, -0.1) is 0 Å². The Hall–Kier alpha value is -4.97. The molecule has 0 radical (unpaired) electrons. The van der Waals surface area contributed by atoms with E-state index in [0.29, 0.717) is 12.0 Å². The van der Waals surface area contributed by atoms with Gasteiger partial charge in [-0.25, -0.2) is 19.3 Å². The summed E-state index contributed by atoms with van der Waals surface area (Å²) in [6.45, 7) is 22.0. The molecule has 21 heteroatoms. The van der Waals surface area contributed by atoms with Gasteiger partial charge >= 0.3 is 14.3 Å². The van der Waals surface area contributed by atoms with Gasteiger partial charge in [0, 0.05) is 66.7 Å². The van der Waals surface area contributed by atoms with Crippen molar-refractivity contribution < 1.29 is 46.6 Å². The smallest absolute Gasteiger partial charge is 0.343 e. The molecule has 1 fully saturated rings. The maximum Gasteiger partial charge on any atom is 0.343 e. The van der Waals surface area contributed by atoms with Crippen LogP contribution in [-0.4, -0.2) is 102 Å². The van der Waals surface area contributed by atoms with Gasteiger partial charge in [0.1, 0.15) is 12.3 Å². The van der Waals surface area contributed by atoms with Gasteiger partial charge in [-0.05, 0) is 84.2 Å². The zero-order chi connectivity index (χ0) is 48.8. The van der Waals surface area contributed by atoms with Crippen LogP contribution >= 0.6 is 8.53 Å². The van der Waals surface area contributed by atoms with Crippen molar-refractivity contribution in [2.45, 2.75) is 143 Å². The van der Waals surface area contributed by atoms with Gasteiger partial charge in [-0.3, -0.25) is 38.3 Å². The number of imide groups is 2. The van der Waals surface area contributed by atoms with E-state index in [4.69, 9.17) is 22.6 Å². The first-order chi connectivity index (χ1) is 31.0. The van der Waals surface area contributed by atoms with Crippen LogP contribution in [0.15, 0.2) is 58.3 Å². The first-order valence-corrected chi connectivity index (χ1v) is 25.2. The highest BCUT2D eigenvalue weighted by atomic mass is 31.2. The Balaban J connectivity index is 1.36. The molecular weight excluding hydrogens is 890 g/mol. The maximum absolute atomic E-state index is 13.8. The number of rotatable bonds is 22. The third-order valence-corrected chi connectivity index (χ3v) is 18.2. The Morgan fingerprint density at radius 1 is 0.924 bits per heavy atom. The molecule has 2 N–H and O–H groups in total. The van der Waals surface area contributed by atoms with Gasteiger partial charge in [-0.2, -0.15) is 5.26 Å². The summed E-state index contributed by atoms with van der Waals surface area (Å²) in [6, 6.07) is 6.18. The number of aromatic nitrogens is 2. The van der Waals surface area contributed by atoms with Gasteiger partial charge in [0.05, 0.1) is 48.8 Å². The number of hydrogen-bond donors (Lipinski definition) is 2. The number of amides is 5. The molecule has 1 saturated heterocycles. The van der Waals surface area contributed by atoms with Crippen LogP contribution in [0.5, 0.6) is 0 Å². The highest BCUT2D eigenvalue weighted by Gasteiger charge is 2.51. The lowest BCUT2D eigenvalue weighted by atomic mass is 10.1.